The number of H-pyrrole nitrogens is 1. The van der Waals surface area contributed by atoms with Gasteiger partial charge in [0.05, 0.1) is 12.5 Å². The smallest absolute Gasteiger partial charge is 0.228 e. The SMILES string of the molecule is CN(CC#N)C(=O)Cc1ccc(-c2cc(NC(=O)C3CC3)nc3[nH]ccc23)cc1. The lowest BCUT2D eigenvalue weighted by molar-refractivity contribution is -0.128. The summed E-state index contributed by atoms with van der Waals surface area (Å²) in [6.45, 7) is 0.0781. The van der Waals surface area contributed by atoms with Crippen LogP contribution in [0.3, 0.4) is 0 Å². The minimum absolute atomic E-state index is 0.0182. The van der Waals surface area contributed by atoms with E-state index < -0.39 is 0 Å². The van der Waals surface area contributed by atoms with Crippen LogP contribution in [0.25, 0.3) is 22.2 Å². The van der Waals surface area contributed by atoms with Crippen LogP contribution in [0.15, 0.2) is 42.6 Å². The second-order valence-electron chi connectivity index (χ2n) is 7.34. The summed E-state index contributed by atoms with van der Waals surface area (Å²) in [4.78, 5) is 33.3. The van der Waals surface area contributed by atoms with E-state index in [9.17, 15) is 9.59 Å². The van der Waals surface area contributed by atoms with E-state index in [1.165, 1.54) is 4.90 Å². The molecule has 1 aliphatic carbocycles. The van der Waals surface area contributed by atoms with Crippen LogP contribution in [0.2, 0.25) is 0 Å². The van der Waals surface area contributed by atoms with Gasteiger partial charge in [-0.1, -0.05) is 24.3 Å². The number of hydrogen-bond donors (Lipinski definition) is 2. The van der Waals surface area contributed by atoms with Gasteiger partial charge in [0, 0.05) is 24.5 Å². The number of nitriles is 1. The first-order valence-electron chi connectivity index (χ1n) is 9.54. The molecule has 0 spiro atoms. The largest absolute Gasteiger partial charge is 0.346 e. The Labute approximate surface area is 168 Å². The first kappa shape index (κ1) is 18.7. The molecule has 0 atom stereocenters. The third-order valence-electron chi connectivity index (χ3n) is 5.08. The Hall–Kier alpha value is -3.66. The lowest BCUT2D eigenvalue weighted by Gasteiger charge is -2.13. The van der Waals surface area contributed by atoms with Crippen molar-refractivity contribution in [3.63, 3.8) is 0 Å². The minimum atomic E-state index is -0.0960. The van der Waals surface area contributed by atoms with Gasteiger partial charge in [0.2, 0.25) is 11.8 Å². The van der Waals surface area contributed by atoms with E-state index in [0.717, 1.165) is 34.9 Å². The van der Waals surface area contributed by atoms with Crippen molar-refractivity contribution >= 4 is 28.7 Å². The molecule has 0 aliphatic heterocycles. The summed E-state index contributed by atoms with van der Waals surface area (Å²) in [5.74, 6) is 0.561. The number of nitrogens with one attached hydrogen (secondary N) is 2. The number of rotatable bonds is 6. The first-order valence-corrected chi connectivity index (χ1v) is 9.54. The van der Waals surface area contributed by atoms with Crippen LogP contribution in [0.4, 0.5) is 5.82 Å². The van der Waals surface area contributed by atoms with E-state index in [4.69, 9.17) is 5.26 Å². The summed E-state index contributed by atoms with van der Waals surface area (Å²) in [7, 11) is 1.62. The van der Waals surface area contributed by atoms with Crippen LogP contribution in [-0.2, 0) is 16.0 Å². The van der Waals surface area contributed by atoms with Crippen molar-refractivity contribution in [2.24, 2.45) is 5.92 Å². The number of aromatic nitrogens is 2. The van der Waals surface area contributed by atoms with Crippen LogP contribution >= 0.6 is 0 Å². The highest BCUT2D eigenvalue weighted by Crippen LogP contribution is 2.33. The topological polar surface area (TPSA) is 102 Å². The number of carbonyl (C=O) groups excluding carboxylic acids is 2. The molecule has 4 rings (SSSR count). The molecule has 29 heavy (non-hydrogen) atoms. The van der Waals surface area contributed by atoms with E-state index in [1.807, 2.05) is 48.7 Å². The zero-order chi connectivity index (χ0) is 20.4. The summed E-state index contributed by atoms with van der Waals surface area (Å²) in [5.41, 5.74) is 3.53. The molecule has 0 bridgehead atoms. The quantitative estimate of drug-likeness (QED) is 0.635. The summed E-state index contributed by atoms with van der Waals surface area (Å²) in [6, 6.07) is 13.6. The molecule has 2 aromatic heterocycles. The number of carbonyl (C=O) groups is 2. The monoisotopic (exact) mass is 387 g/mol. The number of aromatic amines is 1. The lowest BCUT2D eigenvalue weighted by atomic mass is 10.0. The van der Waals surface area contributed by atoms with Crippen LogP contribution < -0.4 is 5.32 Å². The molecule has 1 saturated carbocycles. The van der Waals surface area contributed by atoms with Crippen molar-refractivity contribution in [1.29, 1.82) is 5.26 Å². The molecule has 0 radical (unpaired) electrons. The van der Waals surface area contributed by atoms with Crippen LogP contribution in [0.5, 0.6) is 0 Å². The van der Waals surface area contributed by atoms with E-state index in [1.54, 1.807) is 7.05 Å². The van der Waals surface area contributed by atoms with Gasteiger partial charge in [0.15, 0.2) is 0 Å². The highest BCUT2D eigenvalue weighted by Gasteiger charge is 2.30. The Bertz CT molecular complexity index is 1110. The molecule has 1 aliphatic rings. The van der Waals surface area contributed by atoms with Gasteiger partial charge >= 0.3 is 0 Å². The summed E-state index contributed by atoms with van der Waals surface area (Å²) in [6.07, 6.45) is 3.95. The first-order chi connectivity index (χ1) is 14.0. The third kappa shape index (κ3) is 4.11. The fraction of sp³-hybridized carbons (Fsp3) is 0.273. The van der Waals surface area contributed by atoms with Crippen LogP contribution in [-0.4, -0.2) is 40.3 Å². The van der Waals surface area contributed by atoms with E-state index in [-0.39, 0.29) is 30.7 Å². The number of pyridine rings is 1. The second kappa shape index (κ2) is 7.76. The highest BCUT2D eigenvalue weighted by molar-refractivity contribution is 5.99. The van der Waals surface area contributed by atoms with Gasteiger partial charge in [0.1, 0.15) is 18.0 Å². The maximum absolute atomic E-state index is 12.1. The van der Waals surface area contributed by atoms with Crippen LogP contribution in [0, 0.1) is 17.2 Å². The molecule has 0 unspecified atom stereocenters. The summed E-state index contributed by atoms with van der Waals surface area (Å²) >= 11 is 0. The van der Waals surface area contributed by atoms with Gasteiger partial charge in [-0.25, -0.2) is 4.98 Å². The number of nitrogens with zero attached hydrogens (tertiary/aromatic N) is 3. The molecule has 146 valence electrons. The number of fused-ring (bicyclic) bond motifs is 1. The number of anilines is 1. The fourth-order valence-electron chi connectivity index (χ4n) is 3.22. The standard InChI is InChI=1S/C22H21N5O2/c1-27(11-9-23)20(28)12-14-2-4-15(5-3-14)18-13-19(26-22(29)16-6-7-16)25-21-17(18)8-10-24-21/h2-5,8,10,13,16H,6-7,11-12H2,1H3,(H2,24,25,26,29). The van der Waals surface area contributed by atoms with Gasteiger partial charge in [-0.3, -0.25) is 9.59 Å². The molecule has 2 amide bonds. The van der Waals surface area contributed by atoms with Crippen LogP contribution in [0.1, 0.15) is 18.4 Å². The van der Waals surface area contributed by atoms with Crippen molar-refractivity contribution in [3.05, 3.63) is 48.2 Å². The predicted molar refractivity (Wildman–Crippen MR) is 110 cm³/mol. The minimum Gasteiger partial charge on any atom is -0.346 e. The molecule has 1 fully saturated rings. The maximum Gasteiger partial charge on any atom is 0.228 e. The Morgan fingerprint density at radius 3 is 2.72 bits per heavy atom. The van der Waals surface area contributed by atoms with Gasteiger partial charge in [-0.05, 0) is 41.7 Å². The molecule has 3 aromatic rings. The molecular weight excluding hydrogens is 366 g/mol. The normalized spacial score (nSPS) is 13.1. The van der Waals surface area contributed by atoms with Gasteiger partial charge in [-0.2, -0.15) is 5.26 Å². The molecule has 0 saturated heterocycles. The number of benzene rings is 1. The molecular formula is C22H21N5O2. The summed E-state index contributed by atoms with van der Waals surface area (Å²) < 4.78 is 0. The van der Waals surface area contributed by atoms with Crippen molar-refractivity contribution in [3.8, 4) is 17.2 Å². The zero-order valence-electron chi connectivity index (χ0n) is 16.1. The van der Waals surface area contributed by atoms with Crippen molar-refractivity contribution in [1.82, 2.24) is 14.9 Å². The van der Waals surface area contributed by atoms with E-state index >= 15 is 0 Å². The second-order valence-corrected chi connectivity index (χ2v) is 7.34. The number of hydrogen-bond acceptors (Lipinski definition) is 4. The molecule has 1 aromatic carbocycles. The Morgan fingerprint density at radius 2 is 2.03 bits per heavy atom. The highest BCUT2D eigenvalue weighted by atomic mass is 16.2. The molecule has 2 heterocycles. The average Bonchev–Trinajstić information content (AvgIpc) is 3.46. The summed E-state index contributed by atoms with van der Waals surface area (Å²) in [5, 5.41) is 12.6. The average molecular weight is 387 g/mol. The maximum atomic E-state index is 12.1. The fourth-order valence-corrected chi connectivity index (χ4v) is 3.22. The van der Waals surface area contributed by atoms with Crippen molar-refractivity contribution < 1.29 is 9.59 Å². The van der Waals surface area contributed by atoms with E-state index in [2.05, 4.69) is 15.3 Å². The van der Waals surface area contributed by atoms with Gasteiger partial charge in [-0.15, -0.1) is 0 Å². The third-order valence-corrected chi connectivity index (χ3v) is 5.08. The lowest BCUT2D eigenvalue weighted by Crippen LogP contribution is -2.28. The molecule has 2 N–H and O–H groups in total. The number of likely N-dealkylation sites (N-methyl/N-ethyl adjacent to an activating group) is 1. The zero-order valence-corrected chi connectivity index (χ0v) is 16.1. The Morgan fingerprint density at radius 1 is 1.28 bits per heavy atom. The van der Waals surface area contributed by atoms with Gasteiger partial charge in [0.25, 0.3) is 0 Å². The number of amides is 2. The Kier molecular flexibility index (Phi) is 5.00. The van der Waals surface area contributed by atoms with E-state index in [0.29, 0.717) is 11.5 Å². The Balaban J connectivity index is 1.58. The van der Waals surface area contributed by atoms with Crippen molar-refractivity contribution in [2.75, 3.05) is 18.9 Å². The predicted octanol–water partition coefficient (Wildman–Crippen LogP) is 3.10. The molecule has 7 heteroatoms. The van der Waals surface area contributed by atoms with Gasteiger partial charge < -0.3 is 15.2 Å². The molecule has 7 nitrogen and oxygen atoms in total. The van der Waals surface area contributed by atoms with Crippen molar-refractivity contribution in [2.45, 2.75) is 19.3 Å².